The summed E-state index contributed by atoms with van der Waals surface area (Å²) in [7, 11) is 0. The molecule has 21 heavy (non-hydrogen) atoms. The zero-order chi connectivity index (χ0) is 14.3. The molecule has 2 aliphatic heterocycles. The first-order valence-corrected chi connectivity index (χ1v) is 9.73. The maximum absolute atomic E-state index is 5.37. The number of hydrogen-bond donors (Lipinski definition) is 0. The summed E-state index contributed by atoms with van der Waals surface area (Å²) in [6, 6.07) is 0. The van der Waals surface area contributed by atoms with Crippen molar-refractivity contribution < 1.29 is 4.74 Å². The number of nitrogens with zero attached hydrogens (tertiary/aromatic N) is 4. The van der Waals surface area contributed by atoms with E-state index in [2.05, 4.69) is 20.0 Å². The lowest BCUT2D eigenvalue weighted by Crippen LogP contribution is -2.36. The molecular formula is C14H24N4OS2. The van der Waals surface area contributed by atoms with Crippen molar-refractivity contribution in [2.24, 2.45) is 0 Å². The molecule has 0 atom stereocenters. The lowest BCUT2D eigenvalue weighted by molar-refractivity contribution is 0.122. The predicted molar refractivity (Wildman–Crippen MR) is 88.6 cm³/mol. The molecule has 118 valence electrons. The van der Waals surface area contributed by atoms with Crippen molar-refractivity contribution in [3.63, 3.8) is 0 Å². The van der Waals surface area contributed by atoms with Gasteiger partial charge in [-0.3, -0.25) is 0 Å². The van der Waals surface area contributed by atoms with E-state index in [0.717, 1.165) is 41.5 Å². The molecule has 0 aliphatic carbocycles. The van der Waals surface area contributed by atoms with Crippen LogP contribution < -0.4 is 4.90 Å². The quantitative estimate of drug-likeness (QED) is 0.590. The molecular weight excluding hydrogens is 304 g/mol. The van der Waals surface area contributed by atoms with Crippen LogP contribution in [0.15, 0.2) is 4.34 Å². The fraction of sp³-hybridized carbons (Fsp3) is 0.857. The van der Waals surface area contributed by atoms with Crippen LogP contribution in [0.3, 0.4) is 0 Å². The molecule has 0 spiro atoms. The summed E-state index contributed by atoms with van der Waals surface area (Å²) in [5, 5.41) is 9.68. The van der Waals surface area contributed by atoms with E-state index in [9.17, 15) is 0 Å². The van der Waals surface area contributed by atoms with E-state index in [1.807, 2.05) is 11.8 Å². The Balaban J connectivity index is 1.36. The molecule has 0 bridgehead atoms. The summed E-state index contributed by atoms with van der Waals surface area (Å²) in [6.45, 7) is 7.32. The maximum atomic E-state index is 5.37. The summed E-state index contributed by atoms with van der Waals surface area (Å²) in [5.74, 6) is 1.15. The third-order valence-corrected chi connectivity index (χ3v) is 6.17. The average Bonchev–Trinajstić information content (AvgIpc) is 3.02. The van der Waals surface area contributed by atoms with Gasteiger partial charge in [0.2, 0.25) is 5.13 Å². The van der Waals surface area contributed by atoms with Gasteiger partial charge in [0.05, 0.1) is 13.2 Å². The predicted octanol–water partition coefficient (Wildman–Crippen LogP) is 2.34. The molecule has 0 N–H and O–H groups in total. The highest BCUT2D eigenvalue weighted by atomic mass is 32.2. The Morgan fingerprint density at radius 3 is 2.67 bits per heavy atom. The standard InChI is InChI=1S/C14H24N4OS2/c1-2-5-17(6-3-1)7-4-12-20-14-16-15-13(21-14)18-8-10-19-11-9-18/h1-12H2. The molecule has 2 saturated heterocycles. The van der Waals surface area contributed by atoms with Gasteiger partial charge < -0.3 is 14.5 Å². The molecule has 1 aromatic rings. The van der Waals surface area contributed by atoms with Gasteiger partial charge in [0.25, 0.3) is 0 Å². The molecule has 0 amide bonds. The minimum atomic E-state index is 0.803. The van der Waals surface area contributed by atoms with Crippen LogP contribution in [0.2, 0.25) is 0 Å². The van der Waals surface area contributed by atoms with Crippen molar-refractivity contribution in [2.75, 3.05) is 56.6 Å². The van der Waals surface area contributed by atoms with E-state index < -0.39 is 0 Å². The third-order valence-electron chi connectivity index (χ3n) is 3.97. The van der Waals surface area contributed by atoms with E-state index in [1.54, 1.807) is 11.3 Å². The van der Waals surface area contributed by atoms with Crippen molar-refractivity contribution in [3.05, 3.63) is 0 Å². The van der Waals surface area contributed by atoms with E-state index in [-0.39, 0.29) is 0 Å². The van der Waals surface area contributed by atoms with Crippen molar-refractivity contribution in [3.8, 4) is 0 Å². The van der Waals surface area contributed by atoms with E-state index >= 15 is 0 Å². The van der Waals surface area contributed by atoms with Crippen molar-refractivity contribution in [1.29, 1.82) is 0 Å². The number of rotatable bonds is 6. The maximum Gasteiger partial charge on any atom is 0.209 e. The number of thioether (sulfide) groups is 1. The molecule has 5 nitrogen and oxygen atoms in total. The van der Waals surface area contributed by atoms with E-state index in [1.165, 1.54) is 45.3 Å². The van der Waals surface area contributed by atoms with E-state index in [0.29, 0.717) is 0 Å². The van der Waals surface area contributed by atoms with Crippen LogP contribution >= 0.6 is 23.1 Å². The van der Waals surface area contributed by atoms with Crippen LogP contribution in [0, 0.1) is 0 Å². The Morgan fingerprint density at radius 2 is 1.86 bits per heavy atom. The molecule has 2 aliphatic rings. The van der Waals surface area contributed by atoms with Gasteiger partial charge in [0, 0.05) is 18.8 Å². The largest absolute Gasteiger partial charge is 0.378 e. The van der Waals surface area contributed by atoms with Gasteiger partial charge >= 0.3 is 0 Å². The van der Waals surface area contributed by atoms with Crippen LogP contribution in [0.1, 0.15) is 25.7 Å². The topological polar surface area (TPSA) is 41.5 Å². The second-order valence-electron chi connectivity index (χ2n) is 5.55. The molecule has 1 aromatic heterocycles. The minimum absolute atomic E-state index is 0.803. The smallest absolute Gasteiger partial charge is 0.209 e. The van der Waals surface area contributed by atoms with Gasteiger partial charge in [-0.2, -0.15) is 0 Å². The lowest BCUT2D eigenvalue weighted by atomic mass is 10.1. The highest BCUT2D eigenvalue weighted by molar-refractivity contribution is 8.01. The Labute approximate surface area is 135 Å². The fourth-order valence-corrected chi connectivity index (χ4v) is 4.66. The Hall–Kier alpha value is -0.370. The number of aromatic nitrogens is 2. The normalized spacial score (nSPS) is 20.9. The second-order valence-corrected chi connectivity index (χ2v) is 7.85. The first kappa shape index (κ1) is 15.5. The first-order valence-electron chi connectivity index (χ1n) is 7.93. The van der Waals surface area contributed by atoms with Crippen LogP contribution in [0.25, 0.3) is 0 Å². The zero-order valence-corrected chi connectivity index (χ0v) is 14.1. The van der Waals surface area contributed by atoms with Crippen molar-refractivity contribution >= 4 is 28.2 Å². The van der Waals surface area contributed by atoms with Crippen molar-refractivity contribution in [1.82, 2.24) is 15.1 Å². The Morgan fingerprint density at radius 1 is 1.05 bits per heavy atom. The van der Waals surface area contributed by atoms with Gasteiger partial charge in [-0.15, -0.1) is 10.2 Å². The Bertz CT molecular complexity index is 417. The van der Waals surface area contributed by atoms with Gasteiger partial charge in [-0.25, -0.2) is 0 Å². The van der Waals surface area contributed by atoms with Gasteiger partial charge in [0.1, 0.15) is 0 Å². The average molecular weight is 329 g/mol. The fourth-order valence-electron chi connectivity index (χ4n) is 2.77. The Kier molecular flexibility index (Phi) is 6.14. The monoisotopic (exact) mass is 328 g/mol. The molecule has 0 saturated carbocycles. The highest BCUT2D eigenvalue weighted by Gasteiger charge is 2.16. The van der Waals surface area contributed by atoms with Crippen molar-refractivity contribution in [2.45, 2.75) is 30.0 Å². The number of anilines is 1. The SMILES string of the molecule is C1CCN(CCCSc2nnc(N3CCOCC3)s2)CC1. The second kappa shape index (κ2) is 8.31. The molecule has 7 heteroatoms. The molecule has 3 rings (SSSR count). The summed E-state index contributed by atoms with van der Waals surface area (Å²) in [6.07, 6.45) is 5.43. The number of piperidine rings is 1. The number of ether oxygens (including phenoxy) is 1. The molecule has 0 unspecified atom stereocenters. The van der Waals surface area contributed by atoms with Crippen LogP contribution in [-0.4, -0.2) is 66.8 Å². The van der Waals surface area contributed by atoms with Gasteiger partial charge in [-0.05, 0) is 38.9 Å². The summed E-state index contributed by atoms with van der Waals surface area (Å²) in [4.78, 5) is 4.88. The highest BCUT2D eigenvalue weighted by Crippen LogP contribution is 2.28. The first-order chi connectivity index (χ1) is 10.4. The van der Waals surface area contributed by atoms with Crippen LogP contribution in [0.5, 0.6) is 0 Å². The summed E-state index contributed by atoms with van der Waals surface area (Å²) >= 11 is 3.58. The third kappa shape index (κ3) is 4.81. The van der Waals surface area contributed by atoms with Crippen LogP contribution in [-0.2, 0) is 4.74 Å². The molecule has 0 aromatic carbocycles. The van der Waals surface area contributed by atoms with Gasteiger partial charge in [0.15, 0.2) is 4.34 Å². The summed E-state index contributed by atoms with van der Waals surface area (Å²) in [5.41, 5.74) is 0. The van der Waals surface area contributed by atoms with Crippen LogP contribution in [0.4, 0.5) is 5.13 Å². The minimum Gasteiger partial charge on any atom is -0.378 e. The number of morpholine rings is 1. The lowest BCUT2D eigenvalue weighted by Gasteiger charge is -2.26. The summed E-state index contributed by atoms with van der Waals surface area (Å²) < 4.78 is 6.48. The number of likely N-dealkylation sites (tertiary alicyclic amines) is 1. The van der Waals surface area contributed by atoms with Gasteiger partial charge in [-0.1, -0.05) is 29.5 Å². The molecule has 3 heterocycles. The zero-order valence-electron chi connectivity index (χ0n) is 12.5. The number of hydrogen-bond acceptors (Lipinski definition) is 7. The molecule has 2 fully saturated rings. The molecule has 0 radical (unpaired) electrons. The van der Waals surface area contributed by atoms with E-state index in [4.69, 9.17) is 4.74 Å².